The molecule has 0 aliphatic rings. The fourth-order valence-corrected chi connectivity index (χ4v) is 1.79. The van der Waals surface area contributed by atoms with Crippen LogP contribution in [-0.2, 0) is 6.54 Å². The van der Waals surface area contributed by atoms with Gasteiger partial charge in [-0.3, -0.25) is 4.68 Å². The Morgan fingerprint density at radius 3 is 2.80 bits per heavy atom. The lowest BCUT2D eigenvalue weighted by Gasteiger charge is -2.06. The summed E-state index contributed by atoms with van der Waals surface area (Å²) < 4.78 is 1.97. The van der Waals surface area contributed by atoms with Crippen molar-refractivity contribution in [2.75, 3.05) is 5.73 Å². The zero-order chi connectivity index (χ0) is 10.8. The second-order valence-corrected chi connectivity index (χ2v) is 3.66. The number of benzene rings is 1. The van der Waals surface area contributed by atoms with Crippen molar-refractivity contribution in [2.45, 2.75) is 20.4 Å². The Kier molecular flexibility index (Phi) is 2.46. The standard InChI is InChI=1S/C12H15N3/c1-3-15-12(4-5-14-15)10-6-9(2)7-11(13)8-10/h4-8H,3,13H2,1-2H3. The van der Waals surface area contributed by atoms with Crippen LogP contribution in [-0.4, -0.2) is 9.78 Å². The van der Waals surface area contributed by atoms with Crippen molar-refractivity contribution >= 4 is 5.69 Å². The molecule has 0 radical (unpaired) electrons. The van der Waals surface area contributed by atoms with Crippen LogP contribution < -0.4 is 5.73 Å². The summed E-state index contributed by atoms with van der Waals surface area (Å²) in [7, 11) is 0. The van der Waals surface area contributed by atoms with Gasteiger partial charge >= 0.3 is 0 Å². The lowest BCUT2D eigenvalue weighted by atomic mass is 10.1. The average Bonchev–Trinajstić information content (AvgIpc) is 2.63. The maximum Gasteiger partial charge on any atom is 0.0682 e. The van der Waals surface area contributed by atoms with Gasteiger partial charge in [-0.1, -0.05) is 0 Å². The van der Waals surface area contributed by atoms with Gasteiger partial charge in [-0.15, -0.1) is 0 Å². The minimum absolute atomic E-state index is 0.800. The number of nitrogens with two attached hydrogens (primary N) is 1. The van der Waals surface area contributed by atoms with Gasteiger partial charge in [0, 0.05) is 24.0 Å². The Morgan fingerprint density at radius 1 is 1.33 bits per heavy atom. The van der Waals surface area contributed by atoms with E-state index in [1.807, 2.05) is 36.0 Å². The molecule has 0 amide bonds. The van der Waals surface area contributed by atoms with Crippen molar-refractivity contribution in [1.29, 1.82) is 0 Å². The van der Waals surface area contributed by atoms with Crippen LogP contribution in [0.2, 0.25) is 0 Å². The number of rotatable bonds is 2. The van der Waals surface area contributed by atoms with Crippen LogP contribution in [0.1, 0.15) is 12.5 Å². The fraction of sp³-hybridized carbons (Fsp3) is 0.250. The summed E-state index contributed by atoms with van der Waals surface area (Å²) in [4.78, 5) is 0. The zero-order valence-electron chi connectivity index (χ0n) is 9.07. The van der Waals surface area contributed by atoms with Crippen LogP contribution in [0.3, 0.4) is 0 Å². The molecule has 3 heteroatoms. The third-order valence-corrected chi connectivity index (χ3v) is 2.41. The lowest BCUT2D eigenvalue weighted by molar-refractivity contribution is 0.667. The van der Waals surface area contributed by atoms with E-state index in [4.69, 9.17) is 5.73 Å². The molecule has 0 atom stereocenters. The maximum absolute atomic E-state index is 5.83. The molecule has 0 saturated carbocycles. The van der Waals surface area contributed by atoms with Crippen molar-refractivity contribution in [2.24, 2.45) is 0 Å². The monoisotopic (exact) mass is 201 g/mol. The highest BCUT2D eigenvalue weighted by molar-refractivity contribution is 5.65. The van der Waals surface area contributed by atoms with E-state index < -0.39 is 0 Å². The van der Waals surface area contributed by atoms with Gasteiger partial charge in [-0.05, 0) is 43.7 Å². The third-order valence-electron chi connectivity index (χ3n) is 2.41. The molecule has 2 rings (SSSR count). The van der Waals surface area contributed by atoms with E-state index in [9.17, 15) is 0 Å². The minimum atomic E-state index is 0.800. The first-order valence-electron chi connectivity index (χ1n) is 5.10. The van der Waals surface area contributed by atoms with Gasteiger partial charge in [0.15, 0.2) is 0 Å². The summed E-state index contributed by atoms with van der Waals surface area (Å²) in [6, 6.07) is 8.09. The Bertz CT molecular complexity index is 451. The van der Waals surface area contributed by atoms with Crippen LogP contribution >= 0.6 is 0 Å². The van der Waals surface area contributed by atoms with E-state index in [0.717, 1.165) is 23.5 Å². The van der Waals surface area contributed by atoms with Crippen molar-refractivity contribution in [1.82, 2.24) is 9.78 Å². The van der Waals surface area contributed by atoms with Gasteiger partial charge in [0.1, 0.15) is 0 Å². The molecule has 0 bridgehead atoms. The molecule has 78 valence electrons. The number of aryl methyl sites for hydroxylation is 2. The van der Waals surface area contributed by atoms with Gasteiger partial charge in [-0.2, -0.15) is 5.10 Å². The Hall–Kier alpha value is -1.77. The molecule has 1 heterocycles. The van der Waals surface area contributed by atoms with Crippen LogP contribution in [0.4, 0.5) is 5.69 Å². The van der Waals surface area contributed by atoms with Crippen molar-refractivity contribution in [3.05, 3.63) is 36.0 Å². The van der Waals surface area contributed by atoms with Crippen molar-refractivity contribution in [3.8, 4) is 11.3 Å². The van der Waals surface area contributed by atoms with Crippen LogP contribution in [0.25, 0.3) is 11.3 Å². The summed E-state index contributed by atoms with van der Waals surface area (Å²) >= 11 is 0. The van der Waals surface area contributed by atoms with Gasteiger partial charge < -0.3 is 5.73 Å². The van der Waals surface area contributed by atoms with Crippen LogP contribution in [0.5, 0.6) is 0 Å². The molecular weight excluding hydrogens is 186 g/mol. The van der Waals surface area contributed by atoms with Gasteiger partial charge in [-0.25, -0.2) is 0 Å². The number of anilines is 1. The molecule has 15 heavy (non-hydrogen) atoms. The van der Waals surface area contributed by atoms with E-state index in [0.29, 0.717) is 0 Å². The topological polar surface area (TPSA) is 43.8 Å². The Balaban J connectivity index is 2.53. The summed E-state index contributed by atoms with van der Waals surface area (Å²) in [5.74, 6) is 0. The van der Waals surface area contributed by atoms with E-state index >= 15 is 0 Å². The normalized spacial score (nSPS) is 10.5. The number of nitrogen functional groups attached to an aromatic ring is 1. The van der Waals surface area contributed by atoms with Gasteiger partial charge in [0.25, 0.3) is 0 Å². The van der Waals surface area contributed by atoms with Crippen LogP contribution in [0, 0.1) is 6.92 Å². The van der Waals surface area contributed by atoms with Gasteiger partial charge in [0.05, 0.1) is 5.69 Å². The van der Waals surface area contributed by atoms with Gasteiger partial charge in [0.2, 0.25) is 0 Å². The molecule has 2 aromatic rings. The predicted molar refractivity (Wildman–Crippen MR) is 62.5 cm³/mol. The Labute approximate surface area is 89.5 Å². The Morgan fingerprint density at radius 2 is 2.13 bits per heavy atom. The van der Waals surface area contributed by atoms with E-state index in [1.54, 1.807) is 0 Å². The number of hydrogen-bond donors (Lipinski definition) is 1. The summed E-state index contributed by atoms with van der Waals surface area (Å²) in [6.07, 6.45) is 1.82. The summed E-state index contributed by atoms with van der Waals surface area (Å²) in [5, 5.41) is 4.25. The first-order valence-corrected chi connectivity index (χ1v) is 5.10. The minimum Gasteiger partial charge on any atom is -0.399 e. The van der Waals surface area contributed by atoms with Crippen LogP contribution in [0.15, 0.2) is 30.5 Å². The first-order chi connectivity index (χ1) is 7.20. The maximum atomic E-state index is 5.83. The number of aromatic nitrogens is 2. The van der Waals surface area contributed by atoms with Crippen molar-refractivity contribution < 1.29 is 0 Å². The molecule has 3 nitrogen and oxygen atoms in total. The highest BCUT2D eigenvalue weighted by atomic mass is 15.3. The molecule has 0 spiro atoms. The molecule has 0 saturated heterocycles. The highest BCUT2D eigenvalue weighted by Crippen LogP contribution is 2.22. The molecule has 0 aliphatic carbocycles. The molecule has 2 N–H and O–H groups in total. The smallest absolute Gasteiger partial charge is 0.0682 e. The second kappa shape index (κ2) is 3.77. The number of nitrogens with zero attached hydrogens (tertiary/aromatic N) is 2. The van der Waals surface area contributed by atoms with E-state index in [2.05, 4.69) is 18.1 Å². The largest absolute Gasteiger partial charge is 0.399 e. The van der Waals surface area contributed by atoms with E-state index in [-0.39, 0.29) is 0 Å². The molecule has 0 fully saturated rings. The van der Waals surface area contributed by atoms with Crippen molar-refractivity contribution in [3.63, 3.8) is 0 Å². The predicted octanol–water partition coefficient (Wildman–Crippen LogP) is 2.46. The molecule has 0 unspecified atom stereocenters. The molecule has 0 aliphatic heterocycles. The molecular formula is C12H15N3. The number of hydrogen-bond acceptors (Lipinski definition) is 2. The average molecular weight is 201 g/mol. The summed E-state index contributed by atoms with van der Waals surface area (Å²) in [5.41, 5.74) is 10.1. The fourth-order valence-electron chi connectivity index (χ4n) is 1.79. The zero-order valence-corrected chi connectivity index (χ0v) is 9.07. The summed E-state index contributed by atoms with van der Waals surface area (Å²) in [6.45, 7) is 5.00. The lowest BCUT2D eigenvalue weighted by Crippen LogP contribution is -1.99. The highest BCUT2D eigenvalue weighted by Gasteiger charge is 2.04. The molecule has 1 aromatic heterocycles. The first kappa shape index (κ1) is 9.77. The molecule has 1 aromatic carbocycles. The third kappa shape index (κ3) is 1.86. The quantitative estimate of drug-likeness (QED) is 0.758. The SMILES string of the molecule is CCn1nccc1-c1cc(C)cc(N)c1. The second-order valence-electron chi connectivity index (χ2n) is 3.66. The van der Waals surface area contributed by atoms with E-state index in [1.165, 1.54) is 5.56 Å².